The van der Waals surface area contributed by atoms with Gasteiger partial charge in [-0.2, -0.15) is 0 Å². The highest BCUT2D eigenvalue weighted by molar-refractivity contribution is 6.30. The van der Waals surface area contributed by atoms with Gasteiger partial charge in [0.05, 0.1) is 0 Å². The van der Waals surface area contributed by atoms with Gasteiger partial charge in [0.25, 0.3) is 0 Å². The van der Waals surface area contributed by atoms with Gasteiger partial charge in [-0.3, -0.25) is 0 Å². The lowest BCUT2D eigenvalue weighted by atomic mass is 9.68. The second-order valence-corrected chi connectivity index (χ2v) is 8.17. The number of rotatable bonds is 4. The van der Waals surface area contributed by atoms with Crippen molar-refractivity contribution in [3.63, 3.8) is 0 Å². The Balaban J connectivity index is 1.47. The number of hydrogen-bond acceptors (Lipinski definition) is 0. The second-order valence-electron chi connectivity index (χ2n) is 7.73. The molecule has 0 bridgehead atoms. The maximum absolute atomic E-state index is 6.01. The van der Waals surface area contributed by atoms with Crippen LogP contribution in [0.5, 0.6) is 0 Å². The van der Waals surface area contributed by atoms with E-state index in [4.69, 9.17) is 11.6 Å². The van der Waals surface area contributed by atoms with E-state index in [0.29, 0.717) is 0 Å². The van der Waals surface area contributed by atoms with Crippen molar-refractivity contribution in [1.82, 2.24) is 0 Å². The van der Waals surface area contributed by atoms with E-state index in [-0.39, 0.29) is 0 Å². The van der Waals surface area contributed by atoms with E-state index in [1.165, 1.54) is 69.8 Å². The third-order valence-electron chi connectivity index (χ3n) is 6.37. The minimum atomic E-state index is 0.782. The Kier molecular flexibility index (Phi) is 5.85. The standard InChI is InChI=1S/C21H31Cl/c1-2-3-16-4-6-17(7-5-16)18-8-10-19(11-9-18)20-12-14-21(22)15-13-20/h12-19H,2-11H2,1H3/t16-,17-,18-,19-. The predicted octanol–water partition coefficient (Wildman–Crippen LogP) is 7.22. The Labute approximate surface area is 141 Å². The molecule has 22 heavy (non-hydrogen) atoms. The van der Waals surface area contributed by atoms with E-state index in [0.717, 1.165) is 28.7 Å². The first-order valence-electron chi connectivity index (χ1n) is 9.51. The number of halogens is 1. The molecular weight excluding hydrogens is 288 g/mol. The van der Waals surface area contributed by atoms with Crippen LogP contribution in [0.4, 0.5) is 0 Å². The highest BCUT2D eigenvalue weighted by Gasteiger charge is 2.30. The molecule has 0 radical (unpaired) electrons. The highest BCUT2D eigenvalue weighted by atomic mass is 35.5. The molecule has 0 N–H and O–H groups in total. The minimum absolute atomic E-state index is 0.782. The molecule has 2 aliphatic rings. The quantitative estimate of drug-likeness (QED) is 0.549. The predicted molar refractivity (Wildman–Crippen MR) is 96.5 cm³/mol. The van der Waals surface area contributed by atoms with Gasteiger partial charge in [0, 0.05) is 5.02 Å². The van der Waals surface area contributed by atoms with Crippen molar-refractivity contribution in [2.75, 3.05) is 0 Å². The lowest BCUT2D eigenvalue weighted by Crippen LogP contribution is -2.25. The first kappa shape index (κ1) is 16.4. The van der Waals surface area contributed by atoms with Crippen LogP contribution in [0.2, 0.25) is 5.02 Å². The van der Waals surface area contributed by atoms with E-state index in [2.05, 4.69) is 31.2 Å². The molecule has 0 nitrogen and oxygen atoms in total. The summed E-state index contributed by atoms with van der Waals surface area (Å²) in [5, 5.41) is 0.862. The van der Waals surface area contributed by atoms with Crippen LogP contribution in [0, 0.1) is 17.8 Å². The Bertz CT molecular complexity index is 433. The van der Waals surface area contributed by atoms with E-state index in [9.17, 15) is 0 Å². The molecule has 2 fully saturated rings. The molecule has 2 saturated carbocycles. The van der Waals surface area contributed by atoms with Gasteiger partial charge in [-0.25, -0.2) is 0 Å². The lowest BCUT2D eigenvalue weighted by molar-refractivity contribution is 0.156. The van der Waals surface area contributed by atoms with Gasteiger partial charge in [0.15, 0.2) is 0 Å². The summed E-state index contributed by atoms with van der Waals surface area (Å²) in [5.41, 5.74) is 1.51. The largest absolute Gasteiger partial charge is 0.0843 e. The summed E-state index contributed by atoms with van der Waals surface area (Å²) in [6, 6.07) is 8.59. The molecule has 0 amide bonds. The first-order valence-corrected chi connectivity index (χ1v) is 9.89. The Morgan fingerprint density at radius 1 is 0.818 bits per heavy atom. The molecule has 0 unspecified atom stereocenters. The van der Waals surface area contributed by atoms with Crippen LogP contribution in [0.25, 0.3) is 0 Å². The summed E-state index contributed by atoms with van der Waals surface area (Å²) >= 11 is 6.01. The van der Waals surface area contributed by atoms with Crippen LogP contribution in [-0.4, -0.2) is 0 Å². The molecule has 0 saturated heterocycles. The molecule has 0 aromatic heterocycles. The second kappa shape index (κ2) is 7.86. The zero-order valence-electron chi connectivity index (χ0n) is 14.1. The van der Waals surface area contributed by atoms with Crippen molar-refractivity contribution in [3.8, 4) is 0 Å². The monoisotopic (exact) mass is 318 g/mol. The lowest BCUT2D eigenvalue weighted by Gasteiger charge is -2.38. The molecule has 1 aromatic rings. The Morgan fingerprint density at radius 2 is 1.36 bits per heavy atom. The van der Waals surface area contributed by atoms with Crippen LogP contribution in [0.15, 0.2) is 24.3 Å². The molecule has 122 valence electrons. The van der Waals surface area contributed by atoms with Crippen molar-refractivity contribution in [2.24, 2.45) is 17.8 Å². The van der Waals surface area contributed by atoms with Gasteiger partial charge in [-0.1, -0.05) is 56.3 Å². The molecule has 1 heteroatoms. The SMILES string of the molecule is CCC[C@H]1CC[C@H]([C@H]2CC[C@H](c3ccc(Cl)cc3)CC2)CC1. The topological polar surface area (TPSA) is 0 Å². The third-order valence-corrected chi connectivity index (χ3v) is 6.62. The van der Waals surface area contributed by atoms with Crippen molar-refractivity contribution >= 4 is 11.6 Å². The maximum atomic E-state index is 6.01. The Morgan fingerprint density at radius 3 is 1.91 bits per heavy atom. The van der Waals surface area contributed by atoms with E-state index in [1.807, 2.05) is 0 Å². The molecule has 1 aromatic carbocycles. The average Bonchev–Trinajstić information content (AvgIpc) is 2.57. The third kappa shape index (κ3) is 4.07. The number of benzene rings is 1. The summed E-state index contributed by atoms with van der Waals surface area (Å²) in [6.45, 7) is 2.34. The summed E-state index contributed by atoms with van der Waals surface area (Å²) in [5.74, 6) is 3.89. The minimum Gasteiger partial charge on any atom is -0.0843 e. The van der Waals surface area contributed by atoms with Gasteiger partial charge < -0.3 is 0 Å². The van der Waals surface area contributed by atoms with E-state index >= 15 is 0 Å². The van der Waals surface area contributed by atoms with Crippen LogP contribution in [-0.2, 0) is 0 Å². The summed E-state index contributed by atoms with van der Waals surface area (Å²) in [6.07, 6.45) is 14.6. The molecule has 0 atom stereocenters. The fourth-order valence-corrected chi connectivity index (χ4v) is 5.14. The van der Waals surface area contributed by atoms with Gasteiger partial charge in [-0.15, -0.1) is 0 Å². The maximum Gasteiger partial charge on any atom is 0.0406 e. The molecule has 2 aliphatic carbocycles. The molecule has 0 spiro atoms. The first-order chi connectivity index (χ1) is 10.8. The van der Waals surface area contributed by atoms with Crippen molar-refractivity contribution < 1.29 is 0 Å². The van der Waals surface area contributed by atoms with Crippen LogP contribution in [0.3, 0.4) is 0 Å². The summed E-state index contributed by atoms with van der Waals surface area (Å²) < 4.78 is 0. The van der Waals surface area contributed by atoms with Crippen molar-refractivity contribution in [1.29, 1.82) is 0 Å². The van der Waals surface area contributed by atoms with Crippen LogP contribution >= 0.6 is 11.6 Å². The number of hydrogen-bond donors (Lipinski definition) is 0. The summed E-state index contributed by atoms with van der Waals surface area (Å²) in [4.78, 5) is 0. The fourth-order valence-electron chi connectivity index (χ4n) is 5.02. The van der Waals surface area contributed by atoms with Gasteiger partial charge in [0.1, 0.15) is 0 Å². The summed E-state index contributed by atoms with van der Waals surface area (Å²) in [7, 11) is 0. The van der Waals surface area contributed by atoms with Crippen LogP contribution < -0.4 is 0 Å². The van der Waals surface area contributed by atoms with Gasteiger partial charge >= 0.3 is 0 Å². The van der Waals surface area contributed by atoms with Gasteiger partial charge in [0.2, 0.25) is 0 Å². The normalized spacial score (nSPS) is 32.8. The molecule has 0 heterocycles. The van der Waals surface area contributed by atoms with Crippen LogP contribution in [0.1, 0.15) is 82.6 Å². The zero-order chi connectivity index (χ0) is 15.4. The van der Waals surface area contributed by atoms with Gasteiger partial charge in [-0.05, 0) is 79.9 Å². The molecular formula is C21H31Cl. The van der Waals surface area contributed by atoms with E-state index in [1.54, 1.807) is 0 Å². The molecule has 0 aliphatic heterocycles. The van der Waals surface area contributed by atoms with E-state index < -0.39 is 0 Å². The molecule has 3 rings (SSSR count). The average molecular weight is 319 g/mol. The van der Waals surface area contributed by atoms with Crippen molar-refractivity contribution in [3.05, 3.63) is 34.9 Å². The Hall–Kier alpha value is -0.490. The van der Waals surface area contributed by atoms with Crippen molar-refractivity contribution in [2.45, 2.75) is 77.0 Å². The fraction of sp³-hybridized carbons (Fsp3) is 0.714. The smallest absolute Gasteiger partial charge is 0.0406 e. The highest BCUT2D eigenvalue weighted by Crippen LogP contribution is 2.44. The zero-order valence-corrected chi connectivity index (χ0v) is 14.8.